The second-order valence-electron chi connectivity index (χ2n) is 8.92. The second kappa shape index (κ2) is 14.2. The molecule has 36 heavy (non-hydrogen) atoms. The minimum atomic E-state index is -0.706. The molecule has 0 radical (unpaired) electrons. The maximum absolute atomic E-state index is 12.7. The van der Waals surface area contributed by atoms with Crippen molar-refractivity contribution >= 4 is 23.2 Å². The van der Waals surface area contributed by atoms with Crippen molar-refractivity contribution < 1.29 is 13.9 Å². The lowest BCUT2D eigenvalue weighted by Gasteiger charge is -2.33. The summed E-state index contributed by atoms with van der Waals surface area (Å²) in [5, 5.41) is 0.273. The van der Waals surface area contributed by atoms with Gasteiger partial charge in [0.25, 0.3) is 5.91 Å². The molecule has 1 aliphatic carbocycles. The molecule has 1 aromatic heterocycles. The van der Waals surface area contributed by atoms with E-state index in [1.54, 1.807) is 0 Å². The molecular formula is C29H35ClFN3O2. The molecule has 7 heteroatoms. The van der Waals surface area contributed by atoms with Gasteiger partial charge in [0.2, 0.25) is 5.88 Å². The molecule has 5 nitrogen and oxygen atoms in total. The van der Waals surface area contributed by atoms with Crippen LogP contribution in [0, 0.1) is 24.6 Å². The Labute approximate surface area is 218 Å². The number of aromatic nitrogens is 1. The zero-order valence-corrected chi connectivity index (χ0v) is 21.9. The summed E-state index contributed by atoms with van der Waals surface area (Å²) < 4.78 is 18.1. The van der Waals surface area contributed by atoms with Crippen molar-refractivity contribution in [1.29, 1.82) is 0 Å². The van der Waals surface area contributed by atoms with Crippen molar-refractivity contribution in [3.8, 4) is 11.6 Å². The Bertz CT molecular complexity index is 1130. The predicted octanol–water partition coefficient (Wildman–Crippen LogP) is 7.52. The van der Waals surface area contributed by atoms with Gasteiger partial charge < -0.3 is 16.2 Å². The molecule has 1 saturated carbocycles. The van der Waals surface area contributed by atoms with Crippen LogP contribution < -0.4 is 16.2 Å². The molecule has 1 heterocycles. The van der Waals surface area contributed by atoms with Crippen LogP contribution in [0.15, 0.2) is 67.4 Å². The summed E-state index contributed by atoms with van der Waals surface area (Å²) in [7, 11) is 0. The molecule has 1 aliphatic rings. The fraction of sp³-hybridized carbons (Fsp3) is 0.310. The summed E-state index contributed by atoms with van der Waals surface area (Å²) in [4.78, 5) is 15.1. The molecule has 2 aromatic carbocycles. The third-order valence-corrected chi connectivity index (χ3v) is 6.20. The highest BCUT2D eigenvalue weighted by atomic mass is 35.5. The van der Waals surface area contributed by atoms with E-state index in [0.717, 1.165) is 17.4 Å². The number of primary amides is 1. The lowest BCUT2D eigenvalue weighted by atomic mass is 9.73. The average Bonchev–Trinajstić information content (AvgIpc) is 2.85. The Morgan fingerprint density at radius 3 is 2.22 bits per heavy atom. The molecule has 0 bridgehead atoms. The van der Waals surface area contributed by atoms with Gasteiger partial charge in [0.1, 0.15) is 17.1 Å². The maximum Gasteiger partial charge on any atom is 0.254 e. The van der Waals surface area contributed by atoms with E-state index >= 15 is 0 Å². The quantitative estimate of drug-likeness (QED) is 0.358. The zero-order chi connectivity index (χ0) is 26.7. The predicted molar refractivity (Wildman–Crippen MR) is 145 cm³/mol. The van der Waals surface area contributed by atoms with Gasteiger partial charge in [-0.3, -0.25) is 4.79 Å². The van der Waals surface area contributed by atoms with Crippen LogP contribution in [-0.2, 0) is 0 Å². The first-order chi connectivity index (χ1) is 17.1. The lowest BCUT2D eigenvalue weighted by Crippen LogP contribution is -2.22. The summed E-state index contributed by atoms with van der Waals surface area (Å²) in [6, 6.07) is 14.6. The number of amides is 1. The van der Waals surface area contributed by atoms with Crippen molar-refractivity contribution in [2.45, 2.75) is 46.5 Å². The minimum Gasteiger partial charge on any atom is -0.438 e. The molecule has 4 rings (SSSR count). The monoisotopic (exact) mass is 511 g/mol. The van der Waals surface area contributed by atoms with Gasteiger partial charge in [-0.1, -0.05) is 81.1 Å². The van der Waals surface area contributed by atoms with Gasteiger partial charge in [-0.05, 0) is 61.1 Å². The molecule has 0 saturated heterocycles. The molecule has 1 amide bonds. The summed E-state index contributed by atoms with van der Waals surface area (Å²) in [5.41, 5.74) is 13.6. The first-order valence-electron chi connectivity index (χ1n) is 12.0. The van der Waals surface area contributed by atoms with Gasteiger partial charge in [-0.2, -0.15) is 0 Å². The molecule has 2 unspecified atom stereocenters. The third-order valence-electron chi connectivity index (χ3n) is 5.99. The molecule has 2 atom stereocenters. The van der Waals surface area contributed by atoms with E-state index in [9.17, 15) is 9.18 Å². The van der Waals surface area contributed by atoms with E-state index in [4.69, 9.17) is 27.8 Å². The molecule has 3 aromatic rings. The number of halogens is 2. The van der Waals surface area contributed by atoms with Crippen LogP contribution in [0.1, 0.15) is 61.0 Å². The SMILES string of the molecule is C=C(N)c1ccc(C)cc1.CCCC1CCC1C.NC(=O)c1cc(Cl)cnc1Oc1ccc(F)cc1. The first-order valence-corrected chi connectivity index (χ1v) is 12.4. The highest BCUT2D eigenvalue weighted by Gasteiger charge is 2.24. The number of aryl methyl sites for hydroxylation is 1. The molecule has 1 fully saturated rings. The Kier molecular flexibility index (Phi) is 11.4. The number of hydrogen-bond acceptors (Lipinski definition) is 4. The van der Waals surface area contributed by atoms with E-state index < -0.39 is 5.91 Å². The van der Waals surface area contributed by atoms with Crippen LogP contribution in [0.2, 0.25) is 5.02 Å². The highest BCUT2D eigenvalue weighted by molar-refractivity contribution is 6.30. The van der Waals surface area contributed by atoms with Crippen molar-refractivity contribution in [1.82, 2.24) is 4.98 Å². The Morgan fingerprint density at radius 1 is 1.14 bits per heavy atom. The zero-order valence-electron chi connectivity index (χ0n) is 21.1. The number of benzene rings is 2. The van der Waals surface area contributed by atoms with Crippen molar-refractivity contribution in [3.05, 3.63) is 94.9 Å². The van der Waals surface area contributed by atoms with Crippen LogP contribution >= 0.6 is 11.6 Å². The standard InChI is InChI=1S/C12H8ClFN2O2.C9H11N.C8H16/c13-7-5-10(11(15)17)12(16-6-7)18-9-3-1-8(14)2-4-9;1-7-3-5-9(6-4-7)8(2)10;1-3-4-8-6-5-7(8)2/h1-6H,(H2,15,17);3-6H,2,10H2,1H3;7-8H,3-6H2,1-2H3. The number of nitrogens with two attached hydrogens (primary N) is 2. The topological polar surface area (TPSA) is 91.2 Å². The van der Waals surface area contributed by atoms with Crippen molar-refractivity contribution in [3.63, 3.8) is 0 Å². The minimum absolute atomic E-state index is 0.0264. The Balaban J connectivity index is 0.000000213. The smallest absolute Gasteiger partial charge is 0.254 e. The van der Waals surface area contributed by atoms with Gasteiger partial charge in [0, 0.05) is 11.9 Å². The van der Waals surface area contributed by atoms with Crippen molar-refractivity contribution in [2.24, 2.45) is 23.3 Å². The Morgan fingerprint density at radius 2 is 1.78 bits per heavy atom. The summed E-state index contributed by atoms with van der Waals surface area (Å²) in [6.07, 6.45) is 7.18. The van der Waals surface area contributed by atoms with Crippen LogP contribution in [-0.4, -0.2) is 10.9 Å². The fourth-order valence-corrected chi connectivity index (χ4v) is 3.76. The van der Waals surface area contributed by atoms with E-state index in [2.05, 4.69) is 25.4 Å². The molecule has 0 spiro atoms. The number of carbonyl (C=O) groups excluding carboxylic acids is 1. The Hall–Kier alpha value is -3.38. The average molecular weight is 512 g/mol. The van der Waals surface area contributed by atoms with Crippen LogP contribution in [0.5, 0.6) is 11.6 Å². The number of pyridine rings is 1. The van der Waals surface area contributed by atoms with Gasteiger partial charge in [-0.25, -0.2) is 9.37 Å². The molecule has 0 aliphatic heterocycles. The number of rotatable bonds is 6. The number of hydrogen-bond donors (Lipinski definition) is 2. The first kappa shape index (κ1) is 28.9. The van der Waals surface area contributed by atoms with Gasteiger partial charge in [-0.15, -0.1) is 0 Å². The summed E-state index contributed by atoms with van der Waals surface area (Å²) in [6.45, 7) is 10.3. The van der Waals surface area contributed by atoms with Gasteiger partial charge in [0.05, 0.1) is 5.02 Å². The number of carbonyl (C=O) groups is 1. The fourth-order valence-electron chi connectivity index (χ4n) is 3.60. The van der Waals surface area contributed by atoms with Crippen molar-refractivity contribution in [2.75, 3.05) is 0 Å². The second-order valence-corrected chi connectivity index (χ2v) is 9.36. The maximum atomic E-state index is 12.7. The normalized spacial score (nSPS) is 15.8. The summed E-state index contributed by atoms with van der Waals surface area (Å²) >= 11 is 5.71. The van der Waals surface area contributed by atoms with Gasteiger partial charge >= 0.3 is 0 Å². The van der Waals surface area contributed by atoms with Crippen LogP contribution in [0.25, 0.3) is 5.70 Å². The van der Waals surface area contributed by atoms with Gasteiger partial charge in [0.15, 0.2) is 0 Å². The van der Waals surface area contributed by atoms with Crippen LogP contribution in [0.4, 0.5) is 4.39 Å². The summed E-state index contributed by atoms with van der Waals surface area (Å²) in [5.74, 6) is 1.42. The van der Waals surface area contributed by atoms with E-state index in [-0.39, 0.29) is 22.3 Å². The van der Waals surface area contributed by atoms with E-state index in [1.807, 2.05) is 31.2 Å². The van der Waals surface area contributed by atoms with Crippen LogP contribution in [0.3, 0.4) is 0 Å². The lowest BCUT2D eigenvalue weighted by molar-refractivity contribution is 0.0997. The molecule has 192 valence electrons. The third kappa shape index (κ3) is 9.34. The molecular weight excluding hydrogens is 477 g/mol. The highest BCUT2D eigenvalue weighted by Crippen LogP contribution is 2.36. The molecule has 4 N–H and O–H groups in total. The largest absolute Gasteiger partial charge is 0.438 e. The van der Waals surface area contributed by atoms with E-state index in [1.165, 1.54) is 67.8 Å². The number of ether oxygens (including phenoxy) is 1. The van der Waals surface area contributed by atoms with E-state index in [0.29, 0.717) is 11.4 Å². The number of nitrogens with zero attached hydrogens (tertiary/aromatic N) is 1.